The summed E-state index contributed by atoms with van der Waals surface area (Å²) in [6.07, 6.45) is 0. The Labute approximate surface area is 95.7 Å². The van der Waals surface area contributed by atoms with E-state index in [1.807, 2.05) is 6.07 Å². The maximum absolute atomic E-state index is 11.5. The molecular weight excluding hydrogens is 262 g/mol. The zero-order valence-corrected chi connectivity index (χ0v) is 9.71. The minimum Gasteiger partial charge on any atom is -0.468 e. The normalized spacial score (nSPS) is 9.47. The molecule has 1 aromatic rings. The molecule has 0 unspecified atom stereocenters. The van der Waals surface area contributed by atoms with Crippen molar-refractivity contribution in [2.45, 2.75) is 0 Å². The largest absolute Gasteiger partial charge is 0.468 e. The molecule has 0 heterocycles. The van der Waals surface area contributed by atoms with E-state index in [1.54, 1.807) is 18.2 Å². The highest BCUT2D eigenvalue weighted by molar-refractivity contribution is 9.10. The number of hydrogen-bond acceptors (Lipinski definition) is 3. The molecule has 15 heavy (non-hydrogen) atoms. The Morgan fingerprint density at radius 3 is 2.80 bits per heavy atom. The molecule has 80 valence electrons. The molecule has 0 bridgehead atoms. The van der Waals surface area contributed by atoms with Gasteiger partial charge in [-0.2, -0.15) is 0 Å². The molecule has 0 fully saturated rings. The molecule has 1 aromatic carbocycles. The number of halogens is 1. The average Bonchev–Trinajstić information content (AvgIpc) is 2.25. The summed E-state index contributed by atoms with van der Waals surface area (Å²) in [6, 6.07) is 6.90. The van der Waals surface area contributed by atoms with Crippen LogP contribution in [0.1, 0.15) is 10.4 Å². The predicted molar refractivity (Wildman–Crippen MR) is 58.5 cm³/mol. The quantitative estimate of drug-likeness (QED) is 0.845. The molecule has 0 atom stereocenters. The molecule has 0 aliphatic carbocycles. The number of amides is 1. The summed E-state index contributed by atoms with van der Waals surface area (Å²) < 4.78 is 5.21. The van der Waals surface area contributed by atoms with Gasteiger partial charge in [0.1, 0.15) is 6.54 Å². The summed E-state index contributed by atoms with van der Waals surface area (Å²) in [5.41, 5.74) is 0.494. The van der Waals surface area contributed by atoms with Gasteiger partial charge >= 0.3 is 5.97 Å². The third-order valence-corrected chi connectivity index (χ3v) is 2.20. The Kier molecular flexibility index (Phi) is 4.30. The Bertz CT molecular complexity index is 379. The molecule has 1 rings (SSSR count). The second-order valence-electron chi connectivity index (χ2n) is 2.77. The van der Waals surface area contributed by atoms with Crippen molar-refractivity contribution < 1.29 is 14.3 Å². The first-order valence-electron chi connectivity index (χ1n) is 4.24. The minimum absolute atomic E-state index is 0.123. The van der Waals surface area contributed by atoms with Crippen LogP contribution < -0.4 is 5.32 Å². The van der Waals surface area contributed by atoms with Crippen LogP contribution >= 0.6 is 15.9 Å². The minimum atomic E-state index is -0.474. The van der Waals surface area contributed by atoms with E-state index in [1.165, 1.54) is 7.11 Å². The SMILES string of the molecule is COC(=O)CNC(=O)c1cccc(Br)c1. The Balaban J connectivity index is 2.58. The zero-order chi connectivity index (χ0) is 11.3. The summed E-state index contributed by atoms with van der Waals surface area (Å²) in [4.78, 5) is 22.2. The van der Waals surface area contributed by atoms with Gasteiger partial charge in [0.15, 0.2) is 0 Å². The number of carbonyl (C=O) groups excluding carboxylic acids is 2. The smallest absolute Gasteiger partial charge is 0.325 e. The molecular formula is C10H10BrNO3. The lowest BCUT2D eigenvalue weighted by Crippen LogP contribution is -2.30. The summed E-state index contributed by atoms with van der Waals surface area (Å²) in [6.45, 7) is -0.123. The highest BCUT2D eigenvalue weighted by Crippen LogP contribution is 2.11. The van der Waals surface area contributed by atoms with E-state index in [2.05, 4.69) is 26.0 Å². The molecule has 4 nitrogen and oxygen atoms in total. The van der Waals surface area contributed by atoms with E-state index in [0.717, 1.165) is 4.47 Å². The summed E-state index contributed by atoms with van der Waals surface area (Å²) >= 11 is 3.25. The molecule has 1 amide bonds. The molecule has 0 aromatic heterocycles. The monoisotopic (exact) mass is 271 g/mol. The highest BCUT2D eigenvalue weighted by atomic mass is 79.9. The van der Waals surface area contributed by atoms with Gasteiger partial charge in [-0.25, -0.2) is 0 Å². The number of benzene rings is 1. The predicted octanol–water partition coefficient (Wildman–Crippen LogP) is 1.35. The topological polar surface area (TPSA) is 55.4 Å². The third-order valence-electron chi connectivity index (χ3n) is 1.71. The van der Waals surface area contributed by atoms with Gasteiger partial charge in [0, 0.05) is 10.0 Å². The Hall–Kier alpha value is -1.36. The summed E-state index contributed by atoms with van der Waals surface area (Å²) in [5.74, 6) is -0.778. The molecule has 0 saturated heterocycles. The van der Waals surface area contributed by atoms with Crippen molar-refractivity contribution in [2.24, 2.45) is 0 Å². The van der Waals surface area contributed by atoms with E-state index >= 15 is 0 Å². The van der Waals surface area contributed by atoms with Crippen molar-refractivity contribution in [1.29, 1.82) is 0 Å². The lowest BCUT2D eigenvalue weighted by Gasteiger charge is -2.03. The first-order valence-corrected chi connectivity index (χ1v) is 5.03. The van der Waals surface area contributed by atoms with Crippen molar-refractivity contribution >= 4 is 27.8 Å². The van der Waals surface area contributed by atoms with Crippen molar-refractivity contribution in [3.63, 3.8) is 0 Å². The number of nitrogens with one attached hydrogen (secondary N) is 1. The molecule has 0 spiro atoms. The number of rotatable bonds is 3. The van der Waals surface area contributed by atoms with Crippen LogP contribution in [-0.4, -0.2) is 25.5 Å². The van der Waals surface area contributed by atoms with Gasteiger partial charge in [-0.3, -0.25) is 9.59 Å². The number of carbonyl (C=O) groups is 2. The second-order valence-corrected chi connectivity index (χ2v) is 3.68. The van der Waals surface area contributed by atoms with Crippen molar-refractivity contribution in [1.82, 2.24) is 5.32 Å². The maximum Gasteiger partial charge on any atom is 0.325 e. The van der Waals surface area contributed by atoms with Crippen LogP contribution in [0.25, 0.3) is 0 Å². The fraction of sp³-hybridized carbons (Fsp3) is 0.200. The number of methoxy groups -OCH3 is 1. The van der Waals surface area contributed by atoms with E-state index < -0.39 is 5.97 Å². The second kappa shape index (κ2) is 5.50. The zero-order valence-electron chi connectivity index (χ0n) is 8.12. The van der Waals surface area contributed by atoms with Gasteiger partial charge in [-0.15, -0.1) is 0 Å². The maximum atomic E-state index is 11.5. The van der Waals surface area contributed by atoms with Gasteiger partial charge < -0.3 is 10.1 Å². The van der Waals surface area contributed by atoms with Crippen molar-refractivity contribution in [3.05, 3.63) is 34.3 Å². The van der Waals surface area contributed by atoms with Crippen LogP contribution in [0.2, 0.25) is 0 Å². The van der Waals surface area contributed by atoms with Crippen LogP contribution in [0.3, 0.4) is 0 Å². The average molecular weight is 272 g/mol. The number of ether oxygens (including phenoxy) is 1. The van der Waals surface area contributed by atoms with E-state index in [-0.39, 0.29) is 12.5 Å². The molecule has 0 saturated carbocycles. The first kappa shape index (κ1) is 11.7. The fourth-order valence-corrected chi connectivity index (χ4v) is 1.36. The molecule has 0 aliphatic heterocycles. The van der Waals surface area contributed by atoms with Crippen LogP contribution in [0.5, 0.6) is 0 Å². The molecule has 0 aliphatic rings. The van der Waals surface area contributed by atoms with Gasteiger partial charge in [0.25, 0.3) is 5.91 Å². The first-order chi connectivity index (χ1) is 7.13. The van der Waals surface area contributed by atoms with E-state index in [9.17, 15) is 9.59 Å². The fourth-order valence-electron chi connectivity index (χ4n) is 0.956. The Morgan fingerprint density at radius 1 is 1.47 bits per heavy atom. The van der Waals surface area contributed by atoms with Gasteiger partial charge in [0.2, 0.25) is 0 Å². The van der Waals surface area contributed by atoms with Crippen LogP contribution in [0, 0.1) is 0 Å². The standard InChI is InChI=1S/C10H10BrNO3/c1-15-9(13)6-12-10(14)7-3-2-4-8(11)5-7/h2-5H,6H2,1H3,(H,12,14). The molecule has 0 radical (unpaired) electrons. The van der Waals surface area contributed by atoms with Gasteiger partial charge in [-0.05, 0) is 18.2 Å². The number of esters is 1. The lowest BCUT2D eigenvalue weighted by atomic mass is 10.2. The lowest BCUT2D eigenvalue weighted by molar-refractivity contribution is -0.139. The van der Waals surface area contributed by atoms with Gasteiger partial charge in [0.05, 0.1) is 7.11 Å². The van der Waals surface area contributed by atoms with Crippen LogP contribution in [0.4, 0.5) is 0 Å². The molecule has 1 N–H and O–H groups in total. The number of hydrogen-bond donors (Lipinski definition) is 1. The summed E-state index contributed by atoms with van der Waals surface area (Å²) in [5, 5.41) is 2.44. The van der Waals surface area contributed by atoms with Crippen LogP contribution in [-0.2, 0) is 9.53 Å². The summed E-state index contributed by atoms with van der Waals surface area (Å²) in [7, 11) is 1.27. The van der Waals surface area contributed by atoms with Crippen molar-refractivity contribution in [2.75, 3.05) is 13.7 Å². The van der Waals surface area contributed by atoms with E-state index in [4.69, 9.17) is 0 Å². The molecule has 5 heteroatoms. The highest BCUT2D eigenvalue weighted by Gasteiger charge is 2.07. The van der Waals surface area contributed by atoms with Crippen LogP contribution in [0.15, 0.2) is 28.7 Å². The van der Waals surface area contributed by atoms with Crippen molar-refractivity contribution in [3.8, 4) is 0 Å². The van der Waals surface area contributed by atoms with E-state index in [0.29, 0.717) is 5.56 Å². The Morgan fingerprint density at radius 2 is 2.20 bits per heavy atom. The third kappa shape index (κ3) is 3.71. The van der Waals surface area contributed by atoms with Gasteiger partial charge in [-0.1, -0.05) is 22.0 Å².